The van der Waals surface area contributed by atoms with Crippen molar-refractivity contribution >= 4 is 5.69 Å². The number of benzene rings is 1. The van der Waals surface area contributed by atoms with Gasteiger partial charge in [0, 0.05) is 17.8 Å². The molecule has 2 nitrogen and oxygen atoms in total. The van der Waals surface area contributed by atoms with Gasteiger partial charge in [0.2, 0.25) is 0 Å². The monoisotopic (exact) mass is 219 g/mol. The Labute approximate surface area is 98.0 Å². The predicted molar refractivity (Wildman–Crippen MR) is 68.1 cm³/mol. The van der Waals surface area contributed by atoms with E-state index in [2.05, 4.69) is 37.4 Å². The van der Waals surface area contributed by atoms with Crippen molar-refractivity contribution in [1.29, 1.82) is 0 Å². The summed E-state index contributed by atoms with van der Waals surface area (Å²) in [5.74, 6) is 0.971. The molecule has 0 aliphatic heterocycles. The van der Waals surface area contributed by atoms with Gasteiger partial charge in [-0.1, -0.05) is 13.0 Å². The van der Waals surface area contributed by atoms with E-state index >= 15 is 0 Å². The van der Waals surface area contributed by atoms with E-state index in [9.17, 15) is 0 Å². The summed E-state index contributed by atoms with van der Waals surface area (Å²) in [7, 11) is 0. The number of hydrogen-bond donors (Lipinski definition) is 1. The first-order valence-electron chi connectivity index (χ1n) is 6.31. The van der Waals surface area contributed by atoms with E-state index in [1.54, 1.807) is 0 Å². The normalized spacial score (nSPS) is 17.6. The van der Waals surface area contributed by atoms with E-state index < -0.39 is 0 Å². The standard InChI is InChI=1S/C14H21NO/c1-3-11(2)16-14-9-5-8-13(10-14)15-12-6-4-7-12/h5,8-12,15H,3-4,6-7H2,1-2H3. The minimum Gasteiger partial charge on any atom is -0.491 e. The minimum absolute atomic E-state index is 0.291. The summed E-state index contributed by atoms with van der Waals surface area (Å²) in [6, 6.07) is 8.97. The maximum Gasteiger partial charge on any atom is 0.121 e. The molecule has 0 spiro atoms. The van der Waals surface area contributed by atoms with Crippen molar-refractivity contribution in [3.63, 3.8) is 0 Å². The van der Waals surface area contributed by atoms with Crippen molar-refractivity contribution in [1.82, 2.24) is 0 Å². The van der Waals surface area contributed by atoms with Crippen LogP contribution >= 0.6 is 0 Å². The van der Waals surface area contributed by atoms with Crippen molar-refractivity contribution in [2.24, 2.45) is 0 Å². The Morgan fingerprint density at radius 2 is 2.25 bits per heavy atom. The van der Waals surface area contributed by atoms with Gasteiger partial charge < -0.3 is 10.1 Å². The van der Waals surface area contributed by atoms with Gasteiger partial charge in [0.05, 0.1) is 6.10 Å². The van der Waals surface area contributed by atoms with Gasteiger partial charge in [-0.05, 0) is 44.7 Å². The highest BCUT2D eigenvalue weighted by molar-refractivity contribution is 5.49. The van der Waals surface area contributed by atoms with Crippen LogP contribution in [0.25, 0.3) is 0 Å². The average Bonchev–Trinajstić information content (AvgIpc) is 2.24. The fourth-order valence-electron chi connectivity index (χ4n) is 1.76. The van der Waals surface area contributed by atoms with Crippen molar-refractivity contribution in [2.45, 2.75) is 51.7 Å². The number of rotatable bonds is 5. The van der Waals surface area contributed by atoms with E-state index in [0.29, 0.717) is 12.1 Å². The van der Waals surface area contributed by atoms with Gasteiger partial charge in [0.15, 0.2) is 0 Å². The summed E-state index contributed by atoms with van der Waals surface area (Å²) in [6.45, 7) is 4.24. The maximum atomic E-state index is 5.80. The second-order valence-corrected chi connectivity index (χ2v) is 4.64. The summed E-state index contributed by atoms with van der Waals surface area (Å²) in [6.07, 6.45) is 5.30. The van der Waals surface area contributed by atoms with Crippen LogP contribution in [-0.2, 0) is 0 Å². The Bertz CT molecular complexity index is 311. The topological polar surface area (TPSA) is 21.3 Å². The molecular formula is C14H21NO. The molecule has 0 radical (unpaired) electrons. The van der Waals surface area contributed by atoms with Crippen LogP contribution in [0.5, 0.6) is 5.75 Å². The van der Waals surface area contributed by atoms with Crippen LogP contribution in [0.15, 0.2) is 24.3 Å². The van der Waals surface area contributed by atoms with E-state index in [0.717, 1.165) is 12.2 Å². The fourth-order valence-corrected chi connectivity index (χ4v) is 1.76. The molecule has 16 heavy (non-hydrogen) atoms. The summed E-state index contributed by atoms with van der Waals surface area (Å²) in [4.78, 5) is 0. The van der Waals surface area contributed by atoms with E-state index in [1.165, 1.54) is 24.9 Å². The van der Waals surface area contributed by atoms with Crippen molar-refractivity contribution in [2.75, 3.05) is 5.32 Å². The van der Waals surface area contributed by atoms with Crippen LogP contribution in [-0.4, -0.2) is 12.1 Å². The van der Waals surface area contributed by atoms with Gasteiger partial charge in [-0.25, -0.2) is 0 Å². The largest absolute Gasteiger partial charge is 0.491 e. The number of hydrogen-bond acceptors (Lipinski definition) is 2. The Kier molecular flexibility index (Phi) is 3.70. The number of nitrogens with one attached hydrogen (secondary N) is 1. The Morgan fingerprint density at radius 1 is 1.44 bits per heavy atom. The van der Waals surface area contributed by atoms with Gasteiger partial charge >= 0.3 is 0 Å². The smallest absolute Gasteiger partial charge is 0.121 e. The quantitative estimate of drug-likeness (QED) is 0.812. The molecule has 2 heteroatoms. The highest BCUT2D eigenvalue weighted by Crippen LogP contribution is 2.25. The van der Waals surface area contributed by atoms with Gasteiger partial charge in [-0.3, -0.25) is 0 Å². The molecule has 1 atom stereocenters. The van der Waals surface area contributed by atoms with E-state index in [1.807, 2.05) is 6.07 Å². The molecule has 1 aromatic rings. The molecule has 0 heterocycles. The van der Waals surface area contributed by atoms with E-state index in [4.69, 9.17) is 4.74 Å². The number of anilines is 1. The SMILES string of the molecule is CCC(C)Oc1cccc(NC2CCC2)c1. The zero-order chi connectivity index (χ0) is 11.4. The van der Waals surface area contributed by atoms with Crippen LogP contribution in [0.3, 0.4) is 0 Å². The molecule has 1 aromatic carbocycles. The van der Waals surface area contributed by atoms with Crippen LogP contribution in [0.4, 0.5) is 5.69 Å². The molecule has 0 saturated heterocycles. The highest BCUT2D eigenvalue weighted by Gasteiger charge is 2.16. The lowest BCUT2D eigenvalue weighted by atomic mass is 9.93. The Hall–Kier alpha value is -1.18. The van der Waals surface area contributed by atoms with Crippen molar-refractivity contribution in [3.8, 4) is 5.75 Å². The van der Waals surface area contributed by atoms with Crippen LogP contribution in [0, 0.1) is 0 Å². The summed E-state index contributed by atoms with van der Waals surface area (Å²) >= 11 is 0. The molecule has 1 saturated carbocycles. The van der Waals surface area contributed by atoms with Crippen LogP contribution in [0.2, 0.25) is 0 Å². The summed E-state index contributed by atoms with van der Waals surface area (Å²) in [5.41, 5.74) is 1.19. The molecule has 1 N–H and O–H groups in total. The molecule has 1 fully saturated rings. The zero-order valence-corrected chi connectivity index (χ0v) is 10.2. The minimum atomic E-state index is 0.291. The maximum absolute atomic E-state index is 5.80. The second kappa shape index (κ2) is 5.24. The lowest BCUT2D eigenvalue weighted by molar-refractivity contribution is 0.217. The van der Waals surface area contributed by atoms with Crippen molar-refractivity contribution in [3.05, 3.63) is 24.3 Å². The first-order chi connectivity index (χ1) is 7.78. The average molecular weight is 219 g/mol. The first-order valence-corrected chi connectivity index (χ1v) is 6.31. The molecule has 1 aliphatic carbocycles. The molecule has 88 valence electrons. The van der Waals surface area contributed by atoms with E-state index in [-0.39, 0.29) is 0 Å². The highest BCUT2D eigenvalue weighted by atomic mass is 16.5. The third kappa shape index (κ3) is 2.91. The van der Waals surface area contributed by atoms with Gasteiger partial charge in [0.1, 0.15) is 5.75 Å². The van der Waals surface area contributed by atoms with Gasteiger partial charge in [-0.15, -0.1) is 0 Å². The Balaban J connectivity index is 1.95. The fraction of sp³-hybridized carbons (Fsp3) is 0.571. The lowest BCUT2D eigenvalue weighted by Crippen LogP contribution is -2.26. The first kappa shape index (κ1) is 11.3. The molecular weight excluding hydrogens is 198 g/mol. The van der Waals surface area contributed by atoms with Gasteiger partial charge in [0.25, 0.3) is 0 Å². The number of ether oxygens (including phenoxy) is 1. The van der Waals surface area contributed by atoms with Crippen LogP contribution < -0.4 is 10.1 Å². The van der Waals surface area contributed by atoms with Gasteiger partial charge in [-0.2, -0.15) is 0 Å². The molecule has 0 aromatic heterocycles. The third-order valence-corrected chi connectivity index (χ3v) is 3.22. The third-order valence-electron chi connectivity index (χ3n) is 3.22. The van der Waals surface area contributed by atoms with Crippen LogP contribution in [0.1, 0.15) is 39.5 Å². The summed E-state index contributed by atoms with van der Waals surface area (Å²) in [5, 5.41) is 3.53. The second-order valence-electron chi connectivity index (χ2n) is 4.64. The Morgan fingerprint density at radius 3 is 2.88 bits per heavy atom. The molecule has 0 amide bonds. The summed E-state index contributed by atoms with van der Waals surface area (Å²) < 4.78 is 5.80. The zero-order valence-electron chi connectivity index (χ0n) is 10.2. The molecule has 1 aliphatic rings. The molecule has 1 unspecified atom stereocenters. The lowest BCUT2D eigenvalue weighted by Gasteiger charge is -2.27. The molecule has 2 rings (SSSR count). The van der Waals surface area contributed by atoms with Crippen molar-refractivity contribution < 1.29 is 4.74 Å². The predicted octanol–water partition coefficient (Wildman–Crippen LogP) is 3.83. The molecule has 0 bridgehead atoms.